The number of esters is 1. The lowest BCUT2D eigenvalue weighted by atomic mass is 10.3. The normalized spacial score (nSPS) is 11.0. The van der Waals surface area contributed by atoms with E-state index < -0.39 is 5.97 Å². The van der Waals surface area contributed by atoms with E-state index in [-0.39, 0.29) is 17.7 Å². The number of nitrogens with zero attached hydrogens (tertiary/aromatic N) is 3. The number of carbonyl (C=O) groups is 2. The van der Waals surface area contributed by atoms with Gasteiger partial charge in [-0.3, -0.25) is 4.79 Å². The molecule has 0 bridgehead atoms. The highest BCUT2D eigenvalue weighted by molar-refractivity contribution is 7.99. The quantitative estimate of drug-likeness (QED) is 0.583. The van der Waals surface area contributed by atoms with Crippen LogP contribution in [-0.2, 0) is 9.53 Å². The largest absolute Gasteiger partial charge is 0.462 e. The molecular formula is C16H22N4O3S2. The number of aromatic nitrogens is 3. The van der Waals surface area contributed by atoms with E-state index in [9.17, 15) is 9.59 Å². The van der Waals surface area contributed by atoms with Gasteiger partial charge in [0.25, 0.3) is 0 Å². The van der Waals surface area contributed by atoms with Gasteiger partial charge in [0, 0.05) is 10.9 Å². The van der Waals surface area contributed by atoms with E-state index in [2.05, 4.69) is 15.5 Å². The number of aryl methyl sites for hydroxylation is 2. The molecule has 0 fully saturated rings. The number of nitrogens with one attached hydrogen (secondary N) is 1. The van der Waals surface area contributed by atoms with Crippen molar-refractivity contribution in [3.05, 3.63) is 22.3 Å². The summed E-state index contributed by atoms with van der Waals surface area (Å²) >= 11 is 2.68. The highest BCUT2D eigenvalue weighted by atomic mass is 32.2. The number of hydrogen-bond acceptors (Lipinski definition) is 7. The van der Waals surface area contributed by atoms with Crippen LogP contribution in [0.15, 0.2) is 11.2 Å². The third-order valence-corrected chi connectivity index (χ3v) is 5.20. The number of ether oxygens (including phenoxy) is 1. The van der Waals surface area contributed by atoms with Crippen LogP contribution in [-0.4, -0.2) is 39.0 Å². The molecule has 136 valence electrons. The Labute approximate surface area is 155 Å². The fourth-order valence-electron chi connectivity index (χ4n) is 2.30. The molecule has 0 aliphatic carbocycles. The fraction of sp³-hybridized carbons (Fsp3) is 0.500. The number of rotatable bonds is 7. The van der Waals surface area contributed by atoms with E-state index in [4.69, 9.17) is 4.74 Å². The van der Waals surface area contributed by atoms with E-state index in [0.29, 0.717) is 22.3 Å². The van der Waals surface area contributed by atoms with Crippen molar-refractivity contribution in [3.8, 4) is 0 Å². The average molecular weight is 383 g/mol. The van der Waals surface area contributed by atoms with Gasteiger partial charge in [-0.2, -0.15) is 0 Å². The molecule has 7 nitrogen and oxygen atoms in total. The van der Waals surface area contributed by atoms with Crippen molar-refractivity contribution in [2.24, 2.45) is 0 Å². The fourth-order valence-corrected chi connectivity index (χ4v) is 4.13. The first-order valence-corrected chi connectivity index (χ1v) is 9.75. The molecule has 2 rings (SSSR count). The van der Waals surface area contributed by atoms with Gasteiger partial charge in [0.15, 0.2) is 5.16 Å². The molecule has 2 aromatic heterocycles. The minimum absolute atomic E-state index is 0.185. The van der Waals surface area contributed by atoms with Gasteiger partial charge in [0.1, 0.15) is 10.8 Å². The number of anilines is 1. The van der Waals surface area contributed by atoms with Crippen LogP contribution in [0, 0.1) is 13.8 Å². The van der Waals surface area contributed by atoms with Crippen LogP contribution in [0.3, 0.4) is 0 Å². The molecule has 25 heavy (non-hydrogen) atoms. The van der Waals surface area contributed by atoms with Gasteiger partial charge in [-0.15, -0.1) is 21.5 Å². The molecule has 2 heterocycles. The second-order valence-corrected chi connectivity index (χ2v) is 7.85. The van der Waals surface area contributed by atoms with Crippen molar-refractivity contribution in [1.29, 1.82) is 0 Å². The lowest BCUT2D eigenvalue weighted by molar-refractivity contribution is -0.113. The van der Waals surface area contributed by atoms with Gasteiger partial charge in [0.2, 0.25) is 5.91 Å². The van der Waals surface area contributed by atoms with Gasteiger partial charge in [-0.05, 0) is 40.7 Å². The monoisotopic (exact) mass is 382 g/mol. The first kappa shape index (κ1) is 19.5. The molecule has 0 atom stereocenters. The summed E-state index contributed by atoms with van der Waals surface area (Å²) in [6.07, 6.45) is 0. The molecule has 0 radical (unpaired) electrons. The Morgan fingerprint density at radius 3 is 2.72 bits per heavy atom. The van der Waals surface area contributed by atoms with Crippen LogP contribution < -0.4 is 5.32 Å². The predicted molar refractivity (Wildman–Crippen MR) is 99.5 cm³/mol. The maximum atomic E-state index is 12.3. The molecule has 0 saturated heterocycles. The lowest BCUT2D eigenvalue weighted by Crippen LogP contribution is -2.16. The third-order valence-electron chi connectivity index (χ3n) is 3.29. The molecule has 2 aromatic rings. The number of carbonyl (C=O) groups excluding carboxylic acids is 2. The van der Waals surface area contributed by atoms with Crippen molar-refractivity contribution in [2.45, 2.75) is 45.8 Å². The average Bonchev–Trinajstić information content (AvgIpc) is 3.08. The molecule has 0 aliphatic rings. The van der Waals surface area contributed by atoms with Crippen molar-refractivity contribution < 1.29 is 14.3 Å². The van der Waals surface area contributed by atoms with Crippen molar-refractivity contribution in [1.82, 2.24) is 14.8 Å². The SMILES string of the molecule is CCOC(=O)c1cc(C)sc1NC(=O)CSc1nnc(C)n1C(C)C. The topological polar surface area (TPSA) is 86.1 Å². The van der Waals surface area contributed by atoms with Gasteiger partial charge in [-0.25, -0.2) is 4.79 Å². The molecule has 1 amide bonds. The van der Waals surface area contributed by atoms with Gasteiger partial charge < -0.3 is 14.6 Å². The second kappa shape index (κ2) is 8.48. The zero-order valence-electron chi connectivity index (χ0n) is 15.0. The molecule has 9 heteroatoms. The Morgan fingerprint density at radius 2 is 2.08 bits per heavy atom. The molecule has 0 aromatic carbocycles. The van der Waals surface area contributed by atoms with E-state index in [1.807, 2.05) is 32.3 Å². The Hall–Kier alpha value is -1.87. The molecule has 0 aliphatic heterocycles. The number of thiophene rings is 1. The molecule has 0 unspecified atom stereocenters. The number of hydrogen-bond donors (Lipinski definition) is 1. The highest BCUT2D eigenvalue weighted by Gasteiger charge is 2.19. The maximum Gasteiger partial charge on any atom is 0.341 e. The summed E-state index contributed by atoms with van der Waals surface area (Å²) in [5, 5.41) is 12.2. The number of thioether (sulfide) groups is 1. The summed E-state index contributed by atoms with van der Waals surface area (Å²) in [6.45, 7) is 9.89. The van der Waals surface area contributed by atoms with Crippen LogP contribution >= 0.6 is 23.1 Å². The Kier molecular flexibility index (Phi) is 6.60. The first-order valence-electron chi connectivity index (χ1n) is 7.95. The molecule has 1 N–H and O–H groups in total. The Bertz CT molecular complexity index is 768. The molecule has 0 spiro atoms. The third kappa shape index (κ3) is 4.82. The van der Waals surface area contributed by atoms with Crippen molar-refractivity contribution in [3.63, 3.8) is 0 Å². The smallest absolute Gasteiger partial charge is 0.341 e. The minimum atomic E-state index is -0.426. The number of amides is 1. The maximum absolute atomic E-state index is 12.3. The summed E-state index contributed by atoms with van der Waals surface area (Å²) < 4.78 is 7.01. The molecular weight excluding hydrogens is 360 g/mol. The van der Waals surface area contributed by atoms with Gasteiger partial charge in [0.05, 0.1) is 17.9 Å². The van der Waals surface area contributed by atoms with E-state index in [0.717, 1.165) is 10.7 Å². The van der Waals surface area contributed by atoms with Gasteiger partial charge >= 0.3 is 5.97 Å². The summed E-state index contributed by atoms with van der Waals surface area (Å²) in [5.41, 5.74) is 0.392. The standard InChI is InChI=1S/C16H22N4O3S2/c1-6-23-15(22)12-7-10(4)25-14(12)17-13(21)8-24-16-19-18-11(5)20(16)9(2)3/h7,9H,6,8H2,1-5H3,(H,17,21). The van der Waals surface area contributed by atoms with Gasteiger partial charge in [-0.1, -0.05) is 11.8 Å². The zero-order valence-corrected chi connectivity index (χ0v) is 16.6. The summed E-state index contributed by atoms with van der Waals surface area (Å²) in [5.74, 6) is 0.374. The summed E-state index contributed by atoms with van der Waals surface area (Å²) in [6, 6.07) is 1.94. The predicted octanol–water partition coefficient (Wildman–Crippen LogP) is 3.44. The minimum Gasteiger partial charge on any atom is -0.462 e. The van der Waals surface area contributed by atoms with Crippen LogP contribution in [0.2, 0.25) is 0 Å². The van der Waals surface area contributed by atoms with Crippen LogP contribution in [0.4, 0.5) is 5.00 Å². The van der Waals surface area contributed by atoms with Crippen molar-refractivity contribution in [2.75, 3.05) is 17.7 Å². The molecule has 0 saturated carbocycles. The van der Waals surface area contributed by atoms with E-state index >= 15 is 0 Å². The summed E-state index contributed by atoms with van der Waals surface area (Å²) in [4.78, 5) is 25.2. The Morgan fingerprint density at radius 1 is 1.36 bits per heavy atom. The van der Waals surface area contributed by atoms with E-state index in [1.165, 1.54) is 23.1 Å². The highest BCUT2D eigenvalue weighted by Crippen LogP contribution is 2.29. The summed E-state index contributed by atoms with van der Waals surface area (Å²) in [7, 11) is 0. The van der Waals surface area contributed by atoms with Crippen LogP contribution in [0.25, 0.3) is 0 Å². The zero-order chi connectivity index (χ0) is 18.6. The lowest BCUT2D eigenvalue weighted by Gasteiger charge is -2.11. The van der Waals surface area contributed by atoms with Crippen molar-refractivity contribution >= 4 is 40.0 Å². The van der Waals surface area contributed by atoms with E-state index in [1.54, 1.807) is 13.0 Å². The Balaban J connectivity index is 2.03. The van der Waals surface area contributed by atoms with Crippen LogP contribution in [0.5, 0.6) is 0 Å². The van der Waals surface area contributed by atoms with Crippen LogP contribution in [0.1, 0.15) is 47.9 Å². The second-order valence-electron chi connectivity index (χ2n) is 5.65. The first-order chi connectivity index (χ1) is 11.8.